The van der Waals surface area contributed by atoms with E-state index in [1.807, 2.05) is 31.2 Å². The lowest BCUT2D eigenvalue weighted by molar-refractivity contribution is -0.126. The van der Waals surface area contributed by atoms with Crippen molar-refractivity contribution in [2.24, 2.45) is 11.8 Å². The van der Waals surface area contributed by atoms with Gasteiger partial charge >= 0.3 is 0 Å². The van der Waals surface area contributed by atoms with Crippen molar-refractivity contribution < 1.29 is 14.7 Å². The van der Waals surface area contributed by atoms with Crippen LogP contribution in [0.1, 0.15) is 12.0 Å². The van der Waals surface area contributed by atoms with Crippen molar-refractivity contribution in [3.63, 3.8) is 0 Å². The first-order valence-electron chi connectivity index (χ1n) is 8.08. The molecule has 2 aliphatic rings. The van der Waals surface area contributed by atoms with Gasteiger partial charge in [0, 0.05) is 44.2 Å². The zero-order valence-electron chi connectivity index (χ0n) is 13.3. The Bertz CT molecular complexity index is 587. The molecule has 1 aromatic rings. The van der Waals surface area contributed by atoms with E-state index in [-0.39, 0.29) is 30.1 Å². The Morgan fingerprint density at radius 3 is 2.74 bits per heavy atom. The quantitative estimate of drug-likeness (QED) is 0.733. The average Bonchev–Trinajstić information content (AvgIpc) is 3.12. The molecule has 3 rings (SSSR count). The normalized spacial score (nSPS) is 27.5. The van der Waals surface area contributed by atoms with Crippen LogP contribution in [-0.4, -0.2) is 49.2 Å². The van der Waals surface area contributed by atoms with Crippen molar-refractivity contribution in [2.75, 3.05) is 31.1 Å². The number of benzene rings is 1. The Morgan fingerprint density at radius 1 is 1.35 bits per heavy atom. The minimum absolute atomic E-state index is 0.0171. The number of nitrogens with one attached hydrogen (secondary N) is 2. The molecule has 3 unspecified atom stereocenters. The number of hydrogen-bond acceptors (Lipinski definition) is 4. The second-order valence-electron chi connectivity index (χ2n) is 6.47. The van der Waals surface area contributed by atoms with Crippen molar-refractivity contribution in [2.45, 2.75) is 19.4 Å². The number of aryl methyl sites for hydroxylation is 1. The second-order valence-corrected chi connectivity index (χ2v) is 6.47. The highest BCUT2D eigenvalue weighted by Crippen LogP contribution is 2.25. The molecular weight excluding hydrogens is 294 g/mol. The number of aliphatic hydroxyl groups excluding tert-OH is 1. The Hall–Kier alpha value is -1.92. The van der Waals surface area contributed by atoms with Crippen LogP contribution in [0.25, 0.3) is 0 Å². The Morgan fingerprint density at radius 2 is 2.09 bits per heavy atom. The predicted octanol–water partition coefficient (Wildman–Crippen LogP) is 0.0444. The van der Waals surface area contributed by atoms with Gasteiger partial charge in [0.15, 0.2) is 0 Å². The molecule has 2 saturated heterocycles. The topological polar surface area (TPSA) is 81.7 Å². The molecule has 3 atom stereocenters. The summed E-state index contributed by atoms with van der Waals surface area (Å²) in [4.78, 5) is 26.2. The molecule has 23 heavy (non-hydrogen) atoms. The van der Waals surface area contributed by atoms with E-state index < -0.39 is 6.10 Å². The van der Waals surface area contributed by atoms with Gasteiger partial charge < -0.3 is 20.6 Å². The number of anilines is 1. The van der Waals surface area contributed by atoms with Crippen LogP contribution in [0.2, 0.25) is 0 Å². The first kappa shape index (κ1) is 16.0. The first-order chi connectivity index (χ1) is 11.0. The zero-order valence-corrected chi connectivity index (χ0v) is 13.3. The Labute approximate surface area is 135 Å². The summed E-state index contributed by atoms with van der Waals surface area (Å²) < 4.78 is 0. The van der Waals surface area contributed by atoms with Crippen molar-refractivity contribution in [3.05, 3.63) is 29.8 Å². The molecule has 1 aromatic carbocycles. The van der Waals surface area contributed by atoms with Gasteiger partial charge in [0.05, 0.1) is 12.0 Å². The highest BCUT2D eigenvalue weighted by molar-refractivity contribution is 6.00. The minimum atomic E-state index is -0.412. The molecule has 124 valence electrons. The van der Waals surface area contributed by atoms with Gasteiger partial charge in [0.2, 0.25) is 11.8 Å². The number of hydrogen-bond donors (Lipinski definition) is 3. The van der Waals surface area contributed by atoms with Crippen LogP contribution in [0.4, 0.5) is 5.69 Å². The van der Waals surface area contributed by atoms with E-state index in [9.17, 15) is 14.7 Å². The van der Waals surface area contributed by atoms with Gasteiger partial charge in [0.1, 0.15) is 0 Å². The lowest BCUT2D eigenvalue weighted by atomic mass is 10.0. The van der Waals surface area contributed by atoms with Crippen LogP contribution in [0, 0.1) is 18.8 Å². The van der Waals surface area contributed by atoms with Gasteiger partial charge in [-0.15, -0.1) is 0 Å². The maximum atomic E-state index is 12.3. The van der Waals surface area contributed by atoms with Crippen LogP contribution in [0.5, 0.6) is 0 Å². The molecule has 0 bridgehead atoms. The number of carbonyl (C=O) groups is 2. The van der Waals surface area contributed by atoms with Crippen LogP contribution < -0.4 is 15.5 Å². The van der Waals surface area contributed by atoms with E-state index in [0.717, 1.165) is 11.3 Å². The van der Waals surface area contributed by atoms with Gasteiger partial charge in [-0.25, -0.2) is 0 Å². The molecule has 0 spiro atoms. The maximum Gasteiger partial charge on any atom is 0.227 e. The molecule has 2 amide bonds. The Kier molecular flexibility index (Phi) is 4.63. The minimum Gasteiger partial charge on any atom is -0.391 e. The molecule has 2 fully saturated rings. The standard InChI is InChI=1S/C17H23N3O3/c1-11-2-4-14(5-3-11)20-10-12(6-16(20)22)17(23)19-8-13-7-18-9-15(13)21/h2-5,12-13,15,18,21H,6-10H2,1H3,(H,19,23). The van der Waals surface area contributed by atoms with E-state index in [1.165, 1.54) is 0 Å². The number of amides is 2. The molecule has 0 aromatic heterocycles. The molecule has 0 saturated carbocycles. The fraction of sp³-hybridized carbons (Fsp3) is 0.529. The van der Waals surface area contributed by atoms with Gasteiger partial charge in [-0.05, 0) is 19.1 Å². The van der Waals surface area contributed by atoms with Gasteiger partial charge in [-0.3, -0.25) is 9.59 Å². The first-order valence-corrected chi connectivity index (χ1v) is 8.08. The molecule has 2 aliphatic heterocycles. The van der Waals surface area contributed by atoms with E-state index >= 15 is 0 Å². The largest absolute Gasteiger partial charge is 0.391 e. The highest BCUT2D eigenvalue weighted by atomic mass is 16.3. The summed E-state index contributed by atoms with van der Waals surface area (Å²) in [7, 11) is 0. The molecule has 6 nitrogen and oxygen atoms in total. The van der Waals surface area contributed by atoms with Crippen LogP contribution in [-0.2, 0) is 9.59 Å². The van der Waals surface area contributed by atoms with E-state index in [1.54, 1.807) is 4.90 Å². The lowest BCUT2D eigenvalue weighted by Gasteiger charge is -2.18. The number of carbonyl (C=O) groups excluding carboxylic acids is 2. The number of nitrogens with zero attached hydrogens (tertiary/aromatic N) is 1. The molecule has 6 heteroatoms. The molecule has 2 heterocycles. The van der Waals surface area contributed by atoms with Crippen LogP contribution in [0.15, 0.2) is 24.3 Å². The van der Waals surface area contributed by atoms with Crippen LogP contribution in [0.3, 0.4) is 0 Å². The van der Waals surface area contributed by atoms with Crippen molar-refractivity contribution in [1.29, 1.82) is 0 Å². The smallest absolute Gasteiger partial charge is 0.227 e. The summed E-state index contributed by atoms with van der Waals surface area (Å²) in [5, 5.41) is 15.7. The van der Waals surface area contributed by atoms with Gasteiger partial charge in [-0.2, -0.15) is 0 Å². The summed E-state index contributed by atoms with van der Waals surface area (Å²) >= 11 is 0. The summed E-state index contributed by atoms with van der Waals surface area (Å²) in [5.74, 6) is -0.400. The molecular formula is C17H23N3O3. The molecule has 3 N–H and O–H groups in total. The summed E-state index contributed by atoms with van der Waals surface area (Å²) in [6.07, 6.45) is -0.171. The maximum absolute atomic E-state index is 12.3. The monoisotopic (exact) mass is 317 g/mol. The fourth-order valence-corrected chi connectivity index (χ4v) is 3.16. The molecule has 0 aliphatic carbocycles. The summed E-state index contributed by atoms with van der Waals surface area (Å²) in [6, 6.07) is 7.75. The van der Waals surface area contributed by atoms with E-state index in [4.69, 9.17) is 0 Å². The van der Waals surface area contributed by atoms with Crippen molar-refractivity contribution in [3.8, 4) is 0 Å². The van der Waals surface area contributed by atoms with Crippen molar-refractivity contribution in [1.82, 2.24) is 10.6 Å². The Balaban J connectivity index is 1.56. The number of rotatable bonds is 4. The molecule has 0 radical (unpaired) electrons. The number of β-amino-alcohol motifs (C(OH)–C–C–N with tert-alkyl or cyclic N) is 1. The predicted molar refractivity (Wildman–Crippen MR) is 87.0 cm³/mol. The number of aliphatic hydroxyl groups is 1. The van der Waals surface area contributed by atoms with E-state index in [0.29, 0.717) is 26.2 Å². The third-order valence-corrected chi connectivity index (χ3v) is 4.68. The highest BCUT2D eigenvalue weighted by Gasteiger charge is 2.35. The summed E-state index contributed by atoms with van der Waals surface area (Å²) in [5.41, 5.74) is 1.98. The summed E-state index contributed by atoms with van der Waals surface area (Å²) in [6.45, 7) is 4.14. The third-order valence-electron chi connectivity index (χ3n) is 4.68. The third kappa shape index (κ3) is 3.54. The SMILES string of the molecule is Cc1ccc(N2CC(C(=O)NCC3CNCC3O)CC2=O)cc1. The van der Waals surface area contributed by atoms with Gasteiger partial charge in [-0.1, -0.05) is 17.7 Å². The zero-order chi connectivity index (χ0) is 16.4. The van der Waals surface area contributed by atoms with Crippen LogP contribution >= 0.6 is 0 Å². The lowest BCUT2D eigenvalue weighted by Crippen LogP contribution is -2.38. The average molecular weight is 317 g/mol. The fourth-order valence-electron chi connectivity index (χ4n) is 3.16. The second kappa shape index (κ2) is 6.68. The van der Waals surface area contributed by atoms with Gasteiger partial charge in [0.25, 0.3) is 0 Å². The van der Waals surface area contributed by atoms with E-state index in [2.05, 4.69) is 10.6 Å². The van der Waals surface area contributed by atoms with Crippen molar-refractivity contribution >= 4 is 17.5 Å².